The van der Waals surface area contributed by atoms with Gasteiger partial charge in [0.2, 0.25) is 5.76 Å². The molecule has 2 aromatic rings. The molecule has 0 aliphatic heterocycles. The lowest BCUT2D eigenvalue weighted by Crippen LogP contribution is -2.28. The van der Waals surface area contributed by atoms with Crippen molar-refractivity contribution in [1.82, 2.24) is 10.4 Å². The molecule has 0 bridgehead atoms. The average molecular weight is 402 g/mol. The first-order chi connectivity index (χ1) is 10.8. The van der Waals surface area contributed by atoms with Crippen molar-refractivity contribution in [3.05, 3.63) is 27.9 Å². The Morgan fingerprint density at radius 3 is 2.52 bits per heavy atom. The van der Waals surface area contributed by atoms with Gasteiger partial charge in [-0.05, 0) is 22.0 Å². The molecule has 2 amide bonds. The van der Waals surface area contributed by atoms with Crippen molar-refractivity contribution in [1.29, 1.82) is 0 Å². The summed E-state index contributed by atoms with van der Waals surface area (Å²) >= 11 is 7.68. The molecule has 1 N–H and O–H groups in total. The number of thiol groups is 1. The smallest absolute Gasteiger partial charge is 0.313 e. The summed E-state index contributed by atoms with van der Waals surface area (Å²) in [6, 6.07) is 3.41. The molecule has 23 heavy (non-hydrogen) atoms. The molecule has 124 valence electrons. The second-order valence-electron chi connectivity index (χ2n) is 4.69. The van der Waals surface area contributed by atoms with Gasteiger partial charge in [-0.2, -0.15) is 0 Å². The SMILES string of the molecule is CNC(=O)c1c(C(=O)N(C)OC)oc2cc(N(C)S)c(Br)cc12. The Hall–Kier alpha value is -1.71. The van der Waals surface area contributed by atoms with E-state index in [2.05, 4.69) is 34.1 Å². The first kappa shape index (κ1) is 17.6. The standard InChI is InChI=1S/C14H16BrN3O4S/c1-16-13(19)11-7-5-8(15)9(18(3)23)6-10(7)22-12(11)14(20)17(2)21-4/h5-6,23H,1-4H3,(H,16,19). The normalized spacial score (nSPS) is 10.7. The third kappa shape index (κ3) is 3.17. The monoisotopic (exact) mass is 401 g/mol. The van der Waals surface area contributed by atoms with Crippen LogP contribution in [-0.4, -0.2) is 45.1 Å². The number of benzene rings is 1. The van der Waals surface area contributed by atoms with Gasteiger partial charge >= 0.3 is 5.91 Å². The Labute approximate surface area is 147 Å². The number of amides is 2. The van der Waals surface area contributed by atoms with Gasteiger partial charge in [-0.15, -0.1) is 0 Å². The van der Waals surface area contributed by atoms with Crippen molar-refractivity contribution in [2.24, 2.45) is 0 Å². The zero-order chi connectivity index (χ0) is 17.3. The number of anilines is 1. The number of nitrogens with zero attached hydrogens (tertiary/aromatic N) is 2. The zero-order valence-electron chi connectivity index (χ0n) is 13.0. The molecule has 0 aliphatic rings. The van der Waals surface area contributed by atoms with Crippen LogP contribution in [0.25, 0.3) is 11.0 Å². The fourth-order valence-corrected chi connectivity index (χ4v) is 2.99. The predicted molar refractivity (Wildman–Crippen MR) is 93.8 cm³/mol. The maximum atomic E-state index is 12.4. The summed E-state index contributed by atoms with van der Waals surface area (Å²) in [4.78, 5) is 29.5. The number of carbonyl (C=O) groups is 2. The lowest BCUT2D eigenvalue weighted by atomic mass is 10.1. The minimum absolute atomic E-state index is 0.0884. The van der Waals surface area contributed by atoms with Gasteiger partial charge in [0, 0.05) is 37.1 Å². The number of hydrogen-bond donors (Lipinski definition) is 2. The molecule has 1 heterocycles. The Morgan fingerprint density at radius 1 is 1.35 bits per heavy atom. The molecular formula is C14H16BrN3O4S. The molecule has 9 heteroatoms. The molecule has 1 aromatic carbocycles. The molecule has 0 aliphatic carbocycles. The molecule has 7 nitrogen and oxygen atoms in total. The summed E-state index contributed by atoms with van der Waals surface area (Å²) in [6.07, 6.45) is 0. The number of furan rings is 1. The predicted octanol–water partition coefficient (Wildman–Crippen LogP) is 2.47. The maximum Gasteiger partial charge on any atom is 0.313 e. The largest absolute Gasteiger partial charge is 0.450 e. The van der Waals surface area contributed by atoms with E-state index in [9.17, 15) is 9.59 Å². The number of hydrogen-bond acceptors (Lipinski definition) is 6. The van der Waals surface area contributed by atoms with E-state index in [0.29, 0.717) is 15.4 Å². The molecule has 0 radical (unpaired) electrons. The third-order valence-electron chi connectivity index (χ3n) is 3.31. The fraction of sp³-hybridized carbons (Fsp3) is 0.286. The Bertz CT molecular complexity index is 775. The second kappa shape index (κ2) is 6.81. The van der Waals surface area contributed by atoms with Crippen molar-refractivity contribution in [2.75, 3.05) is 32.6 Å². The third-order valence-corrected chi connectivity index (χ3v) is 4.16. The molecule has 0 fully saturated rings. The lowest BCUT2D eigenvalue weighted by Gasteiger charge is -2.12. The van der Waals surface area contributed by atoms with Gasteiger partial charge in [0.15, 0.2) is 0 Å². The molecule has 1 aromatic heterocycles. The van der Waals surface area contributed by atoms with Crippen LogP contribution < -0.4 is 9.62 Å². The van der Waals surface area contributed by atoms with E-state index in [-0.39, 0.29) is 11.3 Å². The topological polar surface area (TPSA) is 75.0 Å². The van der Waals surface area contributed by atoms with Crippen LogP contribution in [0.4, 0.5) is 5.69 Å². The van der Waals surface area contributed by atoms with E-state index < -0.39 is 11.8 Å². The van der Waals surface area contributed by atoms with Crippen LogP contribution in [-0.2, 0) is 4.84 Å². The van der Waals surface area contributed by atoms with Gasteiger partial charge in [-0.1, -0.05) is 12.8 Å². The first-order valence-corrected chi connectivity index (χ1v) is 7.74. The van der Waals surface area contributed by atoms with Crippen LogP contribution in [0.2, 0.25) is 0 Å². The zero-order valence-corrected chi connectivity index (χ0v) is 15.5. The highest BCUT2D eigenvalue weighted by atomic mass is 79.9. The fourth-order valence-electron chi connectivity index (χ4n) is 2.08. The van der Waals surface area contributed by atoms with Crippen molar-refractivity contribution in [3.63, 3.8) is 0 Å². The summed E-state index contributed by atoms with van der Waals surface area (Å²) in [7, 11) is 6.03. The van der Waals surface area contributed by atoms with Crippen LogP contribution in [0.1, 0.15) is 20.9 Å². The van der Waals surface area contributed by atoms with Crippen molar-refractivity contribution in [3.8, 4) is 0 Å². The minimum Gasteiger partial charge on any atom is -0.450 e. The maximum absolute atomic E-state index is 12.4. The Balaban J connectivity index is 2.76. The van der Waals surface area contributed by atoms with E-state index >= 15 is 0 Å². The summed E-state index contributed by atoms with van der Waals surface area (Å²) in [5.41, 5.74) is 1.29. The van der Waals surface area contributed by atoms with Crippen LogP contribution in [0.5, 0.6) is 0 Å². The molecule has 0 spiro atoms. The van der Waals surface area contributed by atoms with Crippen LogP contribution in [0.3, 0.4) is 0 Å². The molecule has 0 atom stereocenters. The number of carbonyl (C=O) groups excluding carboxylic acids is 2. The van der Waals surface area contributed by atoms with E-state index in [4.69, 9.17) is 9.25 Å². The summed E-state index contributed by atoms with van der Waals surface area (Å²) in [5.74, 6) is -1.07. The van der Waals surface area contributed by atoms with Gasteiger partial charge in [-0.25, -0.2) is 5.06 Å². The van der Waals surface area contributed by atoms with E-state index in [1.54, 1.807) is 23.5 Å². The van der Waals surface area contributed by atoms with E-state index in [0.717, 1.165) is 10.8 Å². The van der Waals surface area contributed by atoms with Crippen LogP contribution >= 0.6 is 28.7 Å². The van der Waals surface area contributed by atoms with Crippen molar-refractivity contribution < 1.29 is 18.8 Å². The van der Waals surface area contributed by atoms with Gasteiger partial charge in [0.05, 0.1) is 18.4 Å². The van der Waals surface area contributed by atoms with Crippen molar-refractivity contribution in [2.45, 2.75) is 0 Å². The van der Waals surface area contributed by atoms with Gasteiger partial charge < -0.3 is 14.0 Å². The number of nitrogens with one attached hydrogen (secondary N) is 1. The highest BCUT2D eigenvalue weighted by Gasteiger charge is 2.28. The number of fused-ring (bicyclic) bond motifs is 1. The molecule has 2 rings (SSSR count). The minimum atomic E-state index is -0.556. The molecular weight excluding hydrogens is 386 g/mol. The van der Waals surface area contributed by atoms with Crippen LogP contribution in [0.15, 0.2) is 21.0 Å². The van der Waals surface area contributed by atoms with Gasteiger partial charge in [0.25, 0.3) is 5.91 Å². The Morgan fingerprint density at radius 2 is 2.00 bits per heavy atom. The van der Waals surface area contributed by atoms with E-state index in [1.165, 1.54) is 21.2 Å². The Kier molecular flexibility index (Phi) is 5.23. The summed E-state index contributed by atoms with van der Waals surface area (Å²) in [6.45, 7) is 0. The van der Waals surface area contributed by atoms with Crippen molar-refractivity contribution >= 4 is 57.2 Å². The van der Waals surface area contributed by atoms with E-state index in [1.807, 2.05) is 0 Å². The van der Waals surface area contributed by atoms with Gasteiger partial charge in [-0.3, -0.25) is 14.4 Å². The summed E-state index contributed by atoms with van der Waals surface area (Å²) < 4.78 is 7.95. The van der Waals surface area contributed by atoms with Gasteiger partial charge in [0.1, 0.15) is 5.58 Å². The quantitative estimate of drug-likeness (QED) is 0.607. The summed E-state index contributed by atoms with van der Waals surface area (Å²) in [5, 5.41) is 4.02. The average Bonchev–Trinajstić information content (AvgIpc) is 2.89. The molecule has 0 saturated carbocycles. The highest BCUT2D eigenvalue weighted by molar-refractivity contribution is 9.10. The lowest BCUT2D eigenvalue weighted by molar-refractivity contribution is -0.0772. The highest BCUT2D eigenvalue weighted by Crippen LogP contribution is 2.36. The number of rotatable bonds is 4. The molecule has 0 unspecified atom stereocenters. The first-order valence-electron chi connectivity index (χ1n) is 6.54. The number of hydroxylamine groups is 2. The van der Waals surface area contributed by atoms with Crippen LogP contribution in [0, 0.1) is 0 Å². The number of halogens is 1. The second-order valence-corrected chi connectivity index (χ2v) is 6.15. The molecule has 0 saturated heterocycles.